The molecule has 0 aromatic rings. The van der Waals surface area contributed by atoms with Gasteiger partial charge >= 0.3 is 0 Å². The van der Waals surface area contributed by atoms with E-state index in [2.05, 4.69) is 17.6 Å². The normalized spacial score (nSPS) is 25.4. The molecule has 0 atom stereocenters. The second-order valence-corrected chi connectivity index (χ2v) is 6.42. The minimum atomic E-state index is 0.0348. The van der Waals surface area contributed by atoms with Gasteiger partial charge in [0.2, 0.25) is 5.91 Å². The van der Waals surface area contributed by atoms with E-state index in [1.807, 2.05) is 0 Å². The molecule has 0 bridgehead atoms. The highest BCUT2D eigenvalue weighted by Crippen LogP contribution is 2.26. The van der Waals surface area contributed by atoms with Gasteiger partial charge in [0, 0.05) is 12.0 Å². The summed E-state index contributed by atoms with van der Waals surface area (Å²) in [6, 6.07) is 0. The van der Waals surface area contributed by atoms with Gasteiger partial charge in [-0.25, -0.2) is 0 Å². The highest BCUT2D eigenvalue weighted by molar-refractivity contribution is 5.77. The number of hydrogen-bond acceptors (Lipinski definition) is 2. The van der Waals surface area contributed by atoms with Gasteiger partial charge in [-0.15, -0.1) is 0 Å². The van der Waals surface area contributed by atoms with E-state index in [1.54, 1.807) is 0 Å². The van der Waals surface area contributed by atoms with E-state index in [9.17, 15) is 4.79 Å². The average molecular weight is 252 g/mol. The SMILES string of the molecule is CC1(NC(=O)CC2CCCCCC2)CCNCC1. The maximum Gasteiger partial charge on any atom is 0.220 e. The first-order valence-corrected chi connectivity index (χ1v) is 7.70. The van der Waals surface area contributed by atoms with Crippen molar-refractivity contribution in [3.63, 3.8) is 0 Å². The zero-order valence-electron chi connectivity index (χ0n) is 11.8. The fourth-order valence-corrected chi connectivity index (χ4v) is 3.32. The Balaban J connectivity index is 1.76. The molecule has 2 fully saturated rings. The first-order chi connectivity index (χ1) is 8.68. The Labute approximate surface area is 111 Å². The van der Waals surface area contributed by atoms with Crippen LogP contribution in [0, 0.1) is 5.92 Å². The quantitative estimate of drug-likeness (QED) is 0.758. The van der Waals surface area contributed by atoms with Crippen molar-refractivity contribution in [3.8, 4) is 0 Å². The number of nitrogens with one attached hydrogen (secondary N) is 2. The summed E-state index contributed by atoms with van der Waals surface area (Å²) in [5.74, 6) is 0.920. The van der Waals surface area contributed by atoms with Gasteiger partial charge in [-0.1, -0.05) is 25.7 Å². The fourth-order valence-electron chi connectivity index (χ4n) is 3.32. The van der Waals surface area contributed by atoms with Crippen molar-refractivity contribution in [1.82, 2.24) is 10.6 Å². The van der Waals surface area contributed by atoms with Crippen LogP contribution in [0.25, 0.3) is 0 Å². The molecular formula is C15H28N2O. The molecule has 2 rings (SSSR count). The number of piperidine rings is 1. The van der Waals surface area contributed by atoms with Crippen LogP contribution in [0.5, 0.6) is 0 Å². The topological polar surface area (TPSA) is 41.1 Å². The second-order valence-electron chi connectivity index (χ2n) is 6.42. The highest BCUT2D eigenvalue weighted by Gasteiger charge is 2.29. The molecule has 0 spiro atoms. The number of hydrogen-bond donors (Lipinski definition) is 2. The molecule has 3 heteroatoms. The number of rotatable bonds is 3. The van der Waals surface area contributed by atoms with E-state index in [-0.39, 0.29) is 11.4 Å². The molecule has 1 aliphatic heterocycles. The highest BCUT2D eigenvalue weighted by atomic mass is 16.1. The molecule has 1 amide bonds. The molecule has 0 unspecified atom stereocenters. The average Bonchev–Trinajstić information content (AvgIpc) is 2.57. The van der Waals surface area contributed by atoms with Gasteiger partial charge in [0.05, 0.1) is 0 Å². The third kappa shape index (κ3) is 4.27. The van der Waals surface area contributed by atoms with Crippen LogP contribution in [0.15, 0.2) is 0 Å². The summed E-state index contributed by atoms with van der Waals surface area (Å²) in [6.45, 7) is 4.25. The van der Waals surface area contributed by atoms with Gasteiger partial charge in [-0.05, 0) is 51.6 Å². The Morgan fingerprint density at radius 3 is 2.39 bits per heavy atom. The largest absolute Gasteiger partial charge is 0.351 e. The fraction of sp³-hybridized carbons (Fsp3) is 0.933. The molecule has 1 saturated carbocycles. The zero-order valence-corrected chi connectivity index (χ0v) is 11.8. The molecule has 1 aliphatic carbocycles. The number of amides is 1. The number of carbonyl (C=O) groups excluding carboxylic acids is 1. The van der Waals surface area contributed by atoms with Crippen LogP contribution in [-0.2, 0) is 4.79 Å². The third-order valence-corrected chi connectivity index (χ3v) is 4.60. The Kier molecular flexibility index (Phi) is 5.04. The molecule has 104 valence electrons. The van der Waals surface area contributed by atoms with Crippen LogP contribution >= 0.6 is 0 Å². The lowest BCUT2D eigenvalue weighted by molar-refractivity contribution is -0.124. The molecule has 1 saturated heterocycles. The third-order valence-electron chi connectivity index (χ3n) is 4.60. The molecule has 2 N–H and O–H groups in total. The van der Waals surface area contributed by atoms with Crippen LogP contribution in [-0.4, -0.2) is 24.5 Å². The standard InChI is InChI=1S/C15H28N2O/c1-15(8-10-16-11-9-15)17-14(18)12-13-6-4-2-3-5-7-13/h13,16H,2-12H2,1H3,(H,17,18). The van der Waals surface area contributed by atoms with Gasteiger partial charge in [0.25, 0.3) is 0 Å². The predicted octanol–water partition coefficient (Wildman–Crippen LogP) is 2.61. The summed E-state index contributed by atoms with van der Waals surface area (Å²) >= 11 is 0. The van der Waals surface area contributed by atoms with E-state index < -0.39 is 0 Å². The summed E-state index contributed by atoms with van der Waals surface area (Å²) < 4.78 is 0. The summed E-state index contributed by atoms with van der Waals surface area (Å²) in [5.41, 5.74) is 0.0348. The summed E-state index contributed by atoms with van der Waals surface area (Å²) in [7, 11) is 0. The Hall–Kier alpha value is -0.570. The molecule has 18 heavy (non-hydrogen) atoms. The lowest BCUT2D eigenvalue weighted by Crippen LogP contribution is -2.52. The van der Waals surface area contributed by atoms with Gasteiger partial charge in [-0.3, -0.25) is 4.79 Å². The lowest BCUT2D eigenvalue weighted by Gasteiger charge is -2.35. The molecule has 0 aromatic heterocycles. The maximum atomic E-state index is 12.2. The van der Waals surface area contributed by atoms with Crippen molar-refractivity contribution in [2.24, 2.45) is 5.92 Å². The van der Waals surface area contributed by atoms with E-state index in [1.165, 1.54) is 38.5 Å². The van der Waals surface area contributed by atoms with Crippen molar-refractivity contribution in [3.05, 3.63) is 0 Å². The smallest absolute Gasteiger partial charge is 0.220 e. The molecule has 0 radical (unpaired) electrons. The van der Waals surface area contributed by atoms with Crippen LogP contribution < -0.4 is 10.6 Å². The Morgan fingerprint density at radius 1 is 1.17 bits per heavy atom. The van der Waals surface area contributed by atoms with Crippen LogP contribution in [0.4, 0.5) is 0 Å². The van der Waals surface area contributed by atoms with Crippen LogP contribution in [0.2, 0.25) is 0 Å². The van der Waals surface area contributed by atoms with Gasteiger partial charge in [-0.2, -0.15) is 0 Å². The van der Waals surface area contributed by atoms with Crippen LogP contribution in [0.3, 0.4) is 0 Å². The van der Waals surface area contributed by atoms with Crippen LogP contribution in [0.1, 0.15) is 64.7 Å². The molecule has 1 heterocycles. The Morgan fingerprint density at radius 2 is 1.78 bits per heavy atom. The Bertz CT molecular complexity index is 264. The molecule has 0 aromatic carbocycles. The van der Waals surface area contributed by atoms with Crippen molar-refractivity contribution in [2.75, 3.05) is 13.1 Å². The van der Waals surface area contributed by atoms with E-state index in [0.29, 0.717) is 5.92 Å². The number of carbonyl (C=O) groups is 1. The van der Waals surface area contributed by atoms with Gasteiger partial charge < -0.3 is 10.6 Å². The molecular weight excluding hydrogens is 224 g/mol. The molecule has 3 nitrogen and oxygen atoms in total. The summed E-state index contributed by atoms with van der Waals surface area (Å²) in [5, 5.41) is 6.64. The van der Waals surface area contributed by atoms with Crippen molar-refractivity contribution < 1.29 is 4.79 Å². The molecule has 2 aliphatic rings. The van der Waals surface area contributed by atoms with E-state index >= 15 is 0 Å². The minimum absolute atomic E-state index is 0.0348. The lowest BCUT2D eigenvalue weighted by atomic mass is 9.89. The minimum Gasteiger partial charge on any atom is -0.351 e. The first kappa shape index (κ1) is 13.9. The van der Waals surface area contributed by atoms with Gasteiger partial charge in [0.1, 0.15) is 0 Å². The van der Waals surface area contributed by atoms with Crippen molar-refractivity contribution in [1.29, 1.82) is 0 Å². The van der Waals surface area contributed by atoms with E-state index in [4.69, 9.17) is 0 Å². The monoisotopic (exact) mass is 252 g/mol. The predicted molar refractivity (Wildman–Crippen MR) is 74.5 cm³/mol. The first-order valence-electron chi connectivity index (χ1n) is 7.70. The maximum absolute atomic E-state index is 12.2. The summed E-state index contributed by atoms with van der Waals surface area (Å²) in [6.07, 6.45) is 10.7. The second kappa shape index (κ2) is 6.55. The van der Waals surface area contributed by atoms with Crippen molar-refractivity contribution in [2.45, 2.75) is 70.3 Å². The van der Waals surface area contributed by atoms with E-state index in [0.717, 1.165) is 32.4 Å². The van der Waals surface area contributed by atoms with Crippen molar-refractivity contribution >= 4 is 5.91 Å². The van der Waals surface area contributed by atoms with Gasteiger partial charge in [0.15, 0.2) is 0 Å². The zero-order chi connectivity index (χ0) is 12.8. The summed E-state index contributed by atoms with van der Waals surface area (Å²) in [4.78, 5) is 12.2.